The average Bonchev–Trinajstić information content (AvgIpc) is 2.75. The van der Waals surface area contributed by atoms with Crippen molar-refractivity contribution in [2.45, 2.75) is 26.4 Å². The molecule has 1 N–H and O–H groups in total. The molecule has 1 aliphatic heterocycles. The highest BCUT2D eigenvalue weighted by Crippen LogP contribution is 2.20. The van der Waals surface area contributed by atoms with Crippen molar-refractivity contribution in [1.29, 1.82) is 0 Å². The summed E-state index contributed by atoms with van der Waals surface area (Å²) in [6.07, 6.45) is -0.199. The number of anilines is 2. The number of nitrogens with one attached hydrogen (secondary N) is 1. The summed E-state index contributed by atoms with van der Waals surface area (Å²) in [4.78, 5) is 26.3. The van der Waals surface area contributed by atoms with Crippen molar-refractivity contribution in [3.05, 3.63) is 54.1 Å². The standard InChI is InChI=1S/C22H26N2O4/c1-3-21(25)17-4-10-20(11-5-17)28-16(2)22(26)23-18-6-8-19(9-7-18)24-12-14-27-15-13-24/h4-11,16H,3,12-15H2,1-2H3,(H,23,26)/t16-/m0/s1. The normalized spacial score (nSPS) is 15.0. The lowest BCUT2D eigenvalue weighted by Gasteiger charge is -2.29. The van der Waals surface area contributed by atoms with Crippen molar-refractivity contribution < 1.29 is 19.1 Å². The van der Waals surface area contributed by atoms with Crippen molar-refractivity contribution >= 4 is 23.1 Å². The maximum absolute atomic E-state index is 12.4. The number of carbonyl (C=O) groups is 2. The van der Waals surface area contributed by atoms with Crippen LogP contribution in [-0.4, -0.2) is 44.1 Å². The van der Waals surface area contributed by atoms with Gasteiger partial charge in [-0.15, -0.1) is 0 Å². The molecule has 0 bridgehead atoms. The third-order valence-corrected chi connectivity index (χ3v) is 4.69. The van der Waals surface area contributed by atoms with E-state index >= 15 is 0 Å². The van der Waals surface area contributed by atoms with Crippen LogP contribution in [0.25, 0.3) is 0 Å². The minimum absolute atomic E-state index is 0.0814. The van der Waals surface area contributed by atoms with E-state index in [1.807, 2.05) is 31.2 Å². The molecule has 6 nitrogen and oxygen atoms in total. The van der Waals surface area contributed by atoms with Gasteiger partial charge >= 0.3 is 0 Å². The number of morpholine rings is 1. The number of amides is 1. The van der Waals surface area contributed by atoms with E-state index in [0.29, 0.717) is 17.7 Å². The van der Waals surface area contributed by atoms with Gasteiger partial charge in [0.15, 0.2) is 11.9 Å². The molecule has 1 heterocycles. The summed E-state index contributed by atoms with van der Waals surface area (Å²) in [5.74, 6) is 0.406. The van der Waals surface area contributed by atoms with Crippen molar-refractivity contribution in [1.82, 2.24) is 0 Å². The largest absolute Gasteiger partial charge is 0.481 e. The Hall–Kier alpha value is -2.86. The lowest BCUT2D eigenvalue weighted by Crippen LogP contribution is -2.36. The van der Waals surface area contributed by atoms with Gasteiger partial charge in [-0.2, -0.15) is 0 Å². The fraction of sp³-hybridized carbons (Fsp3) is 0.364. The Labute approximate surface area is 165 Å². The second kappa shape index (κ2) is 9.37. The molecule has 1 fully saturated rings. The minimum atomic E-state index is -0.661. The van der Waals surface area contributed by atoms with E-state index in [1.54, 1.807) is 31.2 Å². The molecule has 1 atom stereocenters. The predicted molar refractivity (Wildman–Crippen MR) is 109 cm³/mol. The van der Waals surface area contributed by atoms with E-state index in [-0.39, 0.29) is 11.7 Å². The molecule has 1 amide bonds. The molecule has 2 aromatic carbocycles. The Morgan fingerprint density at radius 1 is 1.07 bits per heavy atom. The van der Waals surface area contributed by atoms with Crippen LogP contribution in [0.1, 0.15) is 30.6 Å². The zero-order valence-corrected chi connectivity index (χ0v) is 16.3. The SMILES string of the molecule is CCC(=O)c1ccc(O[C@@H](C)C(=O)Nc2ccc(N3CCOCC3)cc2)cc1. The summed E-state index contributed by atoms with van der Waals surface area (Å²) in [6.45, 7) is 6.75. The maximum atomic E-state index is 12.4. The first-order chi connectivity index (χ1) is 13.6. The number of rotatable bonds is 7. The van der Waals surface area contributed by atoms with Gasteiger partial charge in [0.05, 0.1) is 13.2 Å². The summed E-state index contributed by atoms with van der Waals surface area (Å²) in [7, 11) is 0. The number of nitrogens with zero attached hydrogens (tertiary/aromatic N) is 1. The number of Topliss-reactive ketones (excluding diaryl/α,β-unsaturated/α-hetero) is 1. The van der Waals surface area contributed by atoms with Gasteiger partial charge in [-0.3, -0.25) is 9.59 Å². The van der Waals surface area contributed by atoms with Gasteiger partial charge in [-0.05, 0) is 55.5 Å². The summed E-state index contributed by atoms with van der Waals surface area (Å²) < 4.78 is 11.1. The molecule has 1 saturated heterocycles. The third-order valence-electron chi connectivity index (χ3n) is 4.69. The molecule has 3 rings (SSSR count). The predicted octanol–water partition coefficient (Wildman–Crippen LogP) is 3.52. The molecule has 0 unspecified atom stereocenters. The quantitative estimate of drug-likeness (QED) is 0.742. The van der Waals surface area contributed by atoms with Crippen LogP contribution in [0.4, 0.5) is 11.4 Å². The molecule has 6 heteroatoms. The Balaban J connectivity index is 1.54. The van der Waals surface area contributed by atoms with E-state index in [1.165, 1.54) is 0 Å². The van der Waals surface area contributed by atoms with Crippen molar-refractivity contribution in [3.8, 4) is 5.75 Å². The second-order valence-corrected chi connectivity index (χ2v) is 6.70. The number of hydrogen-bond donors (Lipinski definition) is 1. The highest BCUT2D eigenvalue weighted by Gasteiger charge is 2.16. The first-order valence-corrected chi connectivity index (χ1v) is 9.60. The van der Waals surface area contributed by atoms with E-state index < -0.39 is 6.10 Å². The molecular formula is C22H26N2O4. The highest BCUT2D eigenvalue weighted by molar-refractivity contribution is 5.96. The van der Waals surface area contributed by atoms with Crippen LogP contribution in [0.5, 0.6) is 5.75 Å². The number of ketones is 1. The first-order valence-electron chi connectivity index (χ1n) is 9.60. The smallest absolute Gasteiger partial charge is 0.265 e. The molecule has 1 aliphatic rings. The lowest BCUT2D eigenvalue weighted by atomic mass is 10.1. The monoisotopic (exact) mass is 382 g/mol. The van der Waals surface area contributed by atoms with Crippen molar-refractivity contribution in [3.63, 3.8) is 0 Å². The van der Waals surface area contributed by atoms with Gasteiger partial charge in [0.1, 0.15) is 5.75 Å². The fourth-order valence-corrected chi connectivity index (χ4v) is 3.00. The first kappa shape index (κ1) is 19.9. The van der Waals surface area contributed by atoms with Gasteiger partial charge < -0.3 is 19.7 Å². The summed E-state index contributed by atoms with van der Waals surface area (Å²) in [6, 6.07) is 14.6. The van der Waals surface area contributed by atoms with Gasteiger partial charge in [0.2, 0.25) is 0 Å². The summed E-state index contributed by atoms with van der Waals surface area (Å²) in [5, 5.41) is 2.87. The maximum Gasteiger partial charge on any atom is 0.265 e. The molecule has 0 aromatic heterocycles. The Morgan fingerprint density at radius 3 is 2.32 bits per heavy atom. The van der Waals surface area contributed by atoms with E-state index in [0.717, 1.165) is 37.7 Å². The molecule has 0 radical (unpaired) electrons. The Kier molecular flexibility index (Phi) is 6.66. The van der Waals surface area contributed by atoms with Crippen LogP contribution in [0.3, 0.4) is 0 Å². The second-order valence-electron chi connectivity index (χ2n) is 6.70. The Morgan fingerprint density at radius 2 is 1.71 bits per heavy atom. The van der Waals surface area contributed by atoms with Crippen molar-refractivity contribution in [2.75, 3.05) is 36.5 Å². The van der Waals surface area contributed by atoms with E-state index in [4.69, 9.17) is 9.47 Å². The van der Waals surface area contributed by atoms with Gasteiger partial charge in [-0.25, -0.2) is 0 Å². The van der Waals surface area contributed by atoms with E-state index in [9.17, 15) is 9.59 Å². The van der Waals surface area contributed by atoms with Crippen LogP contribution >= 0.6 is 0 Å². The van der Waals surface area contributed by atoms with Crippen LogP contribution in [0.2, 0.25) is 0 Å². The molecule has 148 valence electrons. The molecule has 2 aromatic rings. The van der Waals surface area contributed by atoms with E-state index in [2.05, 4.69) is 10.2 Å². The topological polar surface area (TPSA) is 67.9 Å². The van der Waals surface area contributed by atoms with Gasteiger partial charge in [-0.1, -0.05) is 6.92 Å². The van der Waals surface area contributed by atoms with Gasteiger partial charge in [0, 0.05) is 36.4 Å². The number of hydrogen-bond acceptors (Lipinski definition) is 5. The highest BCUT2D eigenvalue weighted by atomic mass is 16.5. The Bertz CT molecular complexity index is 796. The zero-order chi connectivity index (χ0) is 19.9. The number of ether oxygens (including phenoxy) is 2. The third kappa shape index (κ3) is 5.10. The molecule has 28 heavy (non-hydrogen) atoms. The number of benzene rings is 2. The molecule has 0 spiro atoms. The zero-order valence-electron chi connectivity index (χ0n) is 16.3. The fourth-order valence-electron chi connectivity index (χ4n) is 3.00. The van der Waals surface area contributed by atoms with Crippen molar-refractivity contribution in [2.24, 2.45) is 0 Å². The van der Waals surface area contributed by atoms with Gasteiger partial charge in [0.25, 0.3) is 5.91 Å². The molecular weight excluding hydrogens is 356 g/mol. The van der Waals surface area contributed by atoms with Crippen LogP contribution in [-0.2, 0) is 9.53 Å². The average molecular weight is 382 g/mol. The summed E-state index contributed by atoms with van der Waals surface area (Å²) in [5.41, 5.74) is 2.49. The molecule has 0 aliphatic carbocycles. The summed E-state index contributed by atoms with van der Waals surface area (Å²) >= 11 is 0. The lowest BCUT2D eigenvalue weighted by molar-refractivity contribution is -0.122. The minimum Gasteiger partial charge on any atom is -0.481 e. The van der Waals surface area contributed by atoms with Crippen LogP contribution < -0.4 is 15.0 Å². The van der Waals surface area contributed by atoms with Crippen LogP contribution in [0.15, 0.2) is 48.5 Å². The number of carbonyl (C=O) groups excluding carboxylic acids is 2. The molecule has 0 saturated carbocycles. The van der Waals surface area contributed by atoms with Crippen LogP contribution in [0, 0.1) is 0 Å².